The van der Waals surface area contributed by atoms with Gasteiger partial charge in [-0.1, -0.05) is 65.8 Å². The molecule has 1 aliphatic rings. The van der Waals surface area contributed by atoms with Crippen LogP contribution in [0.4, 0.5) is 0 Å². The van der Waals surface area contributed by atoms with Crippen LogP contribution >= 0.6 is 11.3 Å². The van der Waals surface area contributed by atoms with Crippen LogP contribution in [0, 0.1) is 12.3 Å². The first-order valence-corrected chi connectivity index (χ1v) is 17.4. The van der Waals surface area contributed by atoms with Crippen molar-refractivity contribution in [3.63, 3.8) is 0 Å². The van der Waals surface area contributed by atoms with E-state index >= 15 is 0 Å². The molecule has 1 aliphatic heterocycles. The second-order valence-corrected chi connectivity index (χ2v) is 18.8. The van der Waals surface area contributed by atoms with E-state index in [1.165, 1.54) is 0 Å². The van der Waals surface area contributed by atoms with E-state index in [2.05, 4.69) is 44.2 Å². The molecule has 216 valence electrons. The molecule has 8 nitrogen and oxygen atoms in total. The number of benzene rings is 1. The number of aryl methyl sites for hydroxylation is 1. The summed E-state index contributed by atoms with van der Waals surface area (Å²) in [5, 5.41) is 13.2. The fourth-order valence-corrected chi connectivity index (χ4v) is 6.63. The van der Waals surface area contributed by atoms with E-state index in [-0.39, 0.29) is 29.6 Å². The van der Waals surface area contributed by atoms with Gasteiger partial charge in [0, 0.05) is 13.0 Å². The summed E-state index contributed by atoms with van der Waals surface area (Å²) in [6.07, 6.45) is 0.134. The van der Waals surface area contributed by atoms with Gasteiger partial charge in [0.15, 0.2) is 8.32 Å². The van der Waals surface area contributed by atoms with E-state index in [0.717, 1.165) is 21.7 Å². The minimum absolute atomic E-state index is 0.00411. The van der Waals surface area contributed by atoms with Crippen molar-refractivity contribution in [3.05, 3.63) is 41.0 Å². The smallest absolute Gasteiger partial charge is 0.243 e. The number of aliphatic hydroxyl groups excluding tert-OH is 1. The number of thiazole rings is 1. The normalized spacial score (nSPS) is 20.1. The Morgan fingerprint density at radius 1 is 1.21 bits per heavy atom. The quantitative estimate of drug-likeness (QED) is 0.396. The summed E-state index contributed by atoms with van der Waals surface area (Å²) >= 11 is 1.58. The van der Waals surface area contributed by atoms with Crippen molar-refractivity contribution in [1.82, 2.24) is 15.2 Å². The predicted molar refractivity (Wildman–Crippen MR) is 160 cm³/mol. The summed E-state index contributed by atoms with van der Waals surface area (Å²) in [5.41, 5.74) is 10.5. The van der Waals surface area contributed by atoms with Crippen LogP contribution < -0.4 is 11.1 Å². The largest absolute Gasteiger partial charge is 0.412 e. The molecule has 39 heavy (non-hydrogen) atoms. The van der Waals surface area contributed by atoms with Gasteiger partial charge in [0.2, 0.25) is 11.8 Å². The number of amides is 2. The number of nitrogens with zero attached hydrogens (tertiary/aromatic N) is 2. The highest BCUT2D eigenvalue weighted by Crippen LogP contribution is 2.39. The summed E-state index contributed by atoms with van der Waals surface area (Å²) in [4.78, 5) is 34.2. The molecule has 1 aromatic heterocycles. The first-order valence-electron chi connectivity index (χ1n) is 13.6. The Bertz CT molecular complexity index is 1150. The number of carbonyl (C=O) groups excluding carboxylic acids is 2. The van der Waals surface area contributed by atoms with Crippen molar-refractivity contribution in [1.29, 1.82) is 0 Å². The number of hydrogen-bond acceptors (Lipinski definition) is 7. The van der Waals surface area contributed by atoms with Crippen LogP contribution in [0.5, 0.6) is 0 Å². The molecule has 0 bridgehead atoms. The van der Waals surface area contributed by atoms with Crippen LogP contribution in [0.3, 0.4) is 0 Å². The average molecular weight is 575 g/mol. The van der Waals surface area contributed by atoms with Crippen molar-refractivity contribution in [3.8, 4) is 10.4 Å². The molecular weight excluding hydrogens is 528 g/mol. The molecule has 3 rings (SSSR count). The van der Waals surface area contributed by atoms with Crippen molar-refractivity contribution in [2.24, 2.45) is 11.1 Å². The summed E-state index contributed by atoms with van der Waals surface area (Å²) in [5.74, 6) is -0.568. The highest BCUT2D eigenvalue weighted by Gasteiger charge is 2.47. The Labute approximate surface area is 238 Å². The van der Waals surface area contributed by atoms with Crippen molar-refractivity contribution in [2.75, 3.05) is 13.2 Å². The number of hydrogen-bond donors (Lipinski definition) is 3. The van der Waals surface area contributed by atoms with Gasteiger partial charge in [-0.3, -0.25) is 9.59 Å². The van der Waals surface area contributed by atoms with Crippen LogP contribution in [0.25, 0.3) is 10.4 Å². The number of aromatic nitrogens is 1. The third kappa shape index (κ3) is 7.16. The average Bonchev–Trinajstić information content (AvgIpc) is 3.46. The number of carbonyl (C=O) groups is 2. The molecule has 2 aromatic rings. The van der Waals surface area contributed by atoms with Gasteiger partial charge in [-0.05, 0) is 41.6 Å². The molecule has 0 radical (unpaired) electrons. The fraction of sp³-hybridized carbons (Fsp3) is 0.621. The number of rotatable bonds is 8. The fourth-order valence-electron chi connectivity index (χ4n) is 4.47. The lowest BCUT2D eigenvalue weighted by atomic mass is 9.86. The molecule has 4 N–H and O–H groups in total. The lowest BCUT2D eigenvalue weighted by molar-refractivity contribution is -0.141. The zero-order valence-corrected chi connectivity index (χ0v) is 26.7. The van der Waals surface area contributed by atoms with E-state index in [0.29, 0.717) is 13.0 Å². The number of nitrogens with one attached hydrogen (secondary N) is 1. The maximum atomic E-state index is 13.7. The van der Waals surface area contributed by atoms with Gasteiger partial charge in [0.05, 0.1) is 40.9 Å². The maximum absolute atomic E-state index is 13.7. The second-order valence-electron chi connectivity index (χ2n) is 13.2. The highest BCUT2D eigenvalue weighted by atomic mass is 32.1. The third-order valence-electron chi connectivity index (χ3n) is 8.13. The number of nitrogens with two attached hydrogens (primary N) is 1. The monoisotopic (exact) mass is 574 g/mol. The molecule has 2 heterocycles. The van der Waals surface area contributed by atoms with Gasteiger partial charge in [0.25, 0.3) is 0 Å². The molecule has 1 aromatic carbocycles. The van der Waals surface area contributed by atoms with Crippen LogP contribution in [0.1, 0.15) is 65.3 Å². The third-order valence-corrected chi connectivity index (χ3v) is 13.6. The van der Waals surface area contributed by atoms with Crippen molar-refractivity contribution < 1.29 is 19.1 Å². The first kappa shape index (κ1) is 31.4. The van der Waals surface area contributed by atoms with Gasteiger partial charge in [-0.2, -0.15) is 0 Å². The van der Waals surface area contributed by atoms with Crippen LogP contribution in [-0.4, -0.2) is 66.5 Å². The van der Waals surface area contributed by atoms with E-state index in [1.807, 2.05) is 57.5 Å². The summed E-state index contributed by atoms with van der Waals surface area (Å²) in [6.45, 7) is 18.6. The Hall–Kier alpha value is -2.11. The zero-order valence-electron chi connectivity index (χ0n) is 24.9. The Morgan fingerprint density at radius 3 is 2.31 bits per heavy atom. The maximum Gasteiger partial charge on any atom is 0.243 e. The SMILES string of the molecule is Cc1ncsc1-c1ccc(C(CO)NC(=O)[C@@H]2C[C@@H](O[Si](C)(C)C(C)(C)C)CN2C(=O)C(N)C(C)(C)C)cc1. The van der Waals surface area contributed by atoms with Gasteiger partial charge in [-0.25, -0.2) is 4.98 Å². The molecule has 2 amide bonds. The van der Waals surface area contributed by atoms with E-state index in [4.69, 9.17) is 10.2 Å². The van der Waals surface area contributed by atoms with E-state index < -0.39 is 31.9 Å². The second kappa shape index (κ2) is 11.8. The molecule has 0 saturated carbocycles. The molecular formula is C29H46N4O4SSi. The van der Waals surface area contributed by atoms with Crippen LogP contribution in [-0.2, 0) is 14.0 Å². The van der Waals surface area contributed by atoms with Gasteiger partial charge < -0.3 is 25.5 Å². The van der Waals surface area contributed by atoms with Crippen LogP contribution in [0.2, 0.25) is 18.1 Å². The molecule has 0 aliphatic carbocycles. The lowest BCUT2D eigenvalue weighted by Crippen LogP contribution is -2.55. The standard InChI is InChI=1S/C29H46N4O4SSi/c1-18-24(38-17-31-18)20-12-10-19(11-13-20)22(16-34)32-26(35)23-14-21(37-39(8,9)29(5,6)7)15-33(23)27(36)25(30)28(2,3)4/h10-13,17,21-23,25,34H,14-16,30H2,1-9H3,(H,32,35)/t21-,22?,23+,25?/m1/s1. The lowest BCUT2D eigenvalue weighted by Gasteiger charge is -2.38. The van der Waals surface area contributed by atoms with E-state index in [9.17, 15) is 14.7 Å². The number of likely N-dealkylation sites (tertiary alicyclic amines) is 1. The number of aliphatic hydroxyl groups is 1. The summed E-state index contributed by atoms with van der Waals surface area (Å²) < 4.78 is 6.63. The molecule has 4 atom stereocenters. The highest BCUT2D eigenvalue weighted by molar-refractivity contribution is 7.13. The van der Waals surface area contributed by atoms with Gasteiger partial charge in [0.1, 0.15) is 6.04 Å². The Morgan fingerprint density at radius 2 is 1.82 bits per heavy atom. The van der Waals surface area contributed by atoms with Gasteiger partial charge >= 0.3 is 0 Å². The minimum atomic E-state index is -2.13. The minimum Gasteiger partial charge on any atom is -0.412 e. The first-order chi connectivity index (χ1) is 18.0. The Balaban J connectivity index is 1.82. The molecule has 0 spiro atoms. The topological polar surface area (TPSA) is 118 Å². The van der Waals surface area contributed by atoms with E-state index in [1.54, 1.807) is 16.2 Å². The predicted octanol–water partition coefficient (Wildman–Crippen LogP) is 4.63. The molecule has 1 fully saturated rings. The van der Waals surface area contributed by atoms with Gasteiger partial charge in [-0.15, -0.1) is 11.3 Å². The summed E-state index contributed by atoms with van der Waals surface area (Å²) in [6, 6.07) is 5.67. The zero-order chi connectivity index (χ0) is 29.3. The molecule has 1 saturated heterocycles. The van der Waals surface area contributed by atoms with Crippen LogP contribution in [0.15, 0.2) is 29.8 Å². The molecule has 2 unspecified atom stereocenters. The van der Waals surface area contributed by atoms with Crippen molar-refractivity contribution in [2.45, 2.75) is 97.2 Å². The Kier molecular flexibility index (Phi) is 9.49. The van der Waals surface area contributed by atoms with Crippen molar-refractivity contribution >= 4 is 31.5 Å². The molecule has 10 heteroatoms. The summed E-state index contributed by atoms with van der Waals surface area (Å²) in [7, 11) is -2.13.